The van der Waals surface area contributed by atoms with E-state index in [1.54, 1.807) is 0 Å². The molecule has 402 valence electrons. The number of allylic oxidation sites excluding steroid dienone is 8. The summed E-state index contributed by atoms with van der Waals surface area (Å²) in [6.45, 7) is 16.5. The molecule has 0 spiro atoms. The van der Waals surface area contributed by atoms with Crippen molar-refractivity contribution >= 4 is 6.09 Å². The highest BCUT2D eigenvalue weighted by Crippen LogP contribution is 2.13. The van der Waals surface area contributed by atoms with Crippen molar-refractivity contribution in [1.29, 1.82) is 0 Å². The number of hydrogen-bond acceptors (Lipinski definition) is 5. The summed E-state index contributed by atoms with van der Waals surface area (Å²) in [5.74, 6) is 0. The fourth-order valence-corrected chi connectivity index (χ4v) is 8.28. The number of likely N-dealkylation sites (N-methyl/N-ethyl adjacent to an activating group) is 2. The normalized spacial score (nSPS) is 12.0. The first-order valence-electron chi connectivity index (χ1n) is 30.0. The highest BCUT2D eigenvalue weighted by molar-refractivity contribution is 5.67. The Bertz CT molecular complexity index is 1070. The zero-order valence-electron chi connectivity index (χ0n) is 47.3. The minimum atomic E-state index is -0.116. The molecule has 0 saturated heterocycles. The topological polar surface area (TPSA) is 48.1 Å². The minimum absolute atomic E-state index is 0.116. The smallest absolute Gasteiger partial charge is 0.409 e. The molecule has 0 aliphatic carbocycles. The van der Waals surface area contributed by atoms with Crippen molar-refractivity contribution in [2.75, 3.05) is 73.6 Å². The van der Waals surface area contributed by atoms with E-state index in [2.05, 4.69) is 113 Å². The van der Waals surface area contributed by atoms with Crippen molar-refractivity contribution in [3.8, 4) is 0 Å². The molecule has 0 bridgehead atoms. The highest BCUT2D eigenvalue weighted by atomic mass is 16.6. The molecule has 6 heteroatoms. The molecule has 0 radical (unpaired) electrons. The van der Waals surface area contributed by atoms with Gasteiger partial charge in [-0.15, -0.1) is 0 Å². The molecule has 0 unspecified atom stereocenters. The second kappa shape index (κ2) is 61.2. The lowest BCUT2D eigenvalue weighted by molar-refractivity contribution is 0.0914. The molecule has 0 rings (SSSR count). The molecule has 0 aromatic carbocycles. The largest absolute Gasteiger partial charge is 0.448 e. The number of hydrogen-bond donors (Lipinski definition) is 1. The van der Waals surface area contributed by atoms with E-state index in [1.807, 2.05) is 4.90 Å². The first-order valence-corrected chi connectivity index (χ1v) is 30.0. The third-order valence-corrected chi connectivity index (χ3v) is 13.1. The molecule has 0 atom stereocenters. The number of carbonyl (C=O) groups excluding carboxylic acids is 1. The van der Waals surface area contributed by atoms with Crippen LogP contribution in [0.25, 0.3) is 0 Å². The lowest BCUT2D eigenvalue weighted by Gasteiger charge is -2.24. The Morgan fingerprint density at radius 2 is 0.691 bits per heavy atom. The highest BCUT2D eigenvalue weighted by Gasteiger charge is 2.15. The van der Waals surface area contributed by atoms with E-state index in [0.717, 1.165) is 58.4 Å². The van der Waals surface area contributed by atoms with Crippen LogP contribution in [-0.4, -0.2) is 94.4 Å². The third-order valence-electron chi connectivity index (χ3n) is 13.1. The molecule has 1 N–H and O–H groups in total. The van der Waals surface area contributed by atoms with E-state index in [-0.39, 0.29) is 6.09 Å². The Hall–Kier alpha value is -1.89. The summed E-state index contributed by atoms with van der Waals surface area (Å²) >= 11 is 0. The van der Waals surface area contributed by atoms with Gasteiger partial charge in [-0.3, -0.25) is 0 Å². The molecule has 1 amide bonds. The van der Waals surface area contributed by atoms with E-state index >= 15 is 0 Å². The fourth-order valence-electron chi connectivity index (χ4n) is 8.28. The van der Waals surface area contributed by atoms with Gasteiger partial charge in [0, 0.05) is 32.7 Å². The summed E-state index contributed by atoms with van der Waals surface area (Å²) in [4.78, 5) is 19.2. The molecule has 6 nitrogen and oxygen atoms in total. The van der Waals surface area contributed by atoms with Crippen molar-refractivity contribution in [3.05, 3.63) is 48.6 Å². The number of carbonyl (C=O) groups is 1. The van der Waals surface area contributed by atoms with Crippen molar-refractivity contribution in [1.82, 2.24) is 20.0 Å². The van der Waals surface area contributed by atoms with Crippen LogP contribution in [0.3, 0.4) is 0 Å². The van der Waals surface area contributed by atoms with Crippen molar-refractivity contribution in [3.63, 3.8) is 0 Å². The number of unbranched alkanes of at least 4 members (excludes halogenated alkanes) is 30. The Labute approximate surface area is 427 Å². The van der Waals surface area contributed by atoms with Gasteiger partial charge in [-0.25, -0.2) is 4.79 Å². The van der Waals surface area contributed by atoms with Gasteiger partial charge in [-0.1, -0.05) is 230 Å². The summed E-state index contributed by atoms with van der Waals surface area (Å²) < 4.78 is 5.69. The SMILES string of the molecule is CCCCC/C=C\C/C=C\CCCCCCCCN(CCCCCCCCC)C(=O)OCCN(C)CCN(C)C.CCCCC/C=C\C/C=C\CCCCCCCCNCCCCCCCCC. The Balaban J connectivity index is 0. The predicted octanol–water partition coefficient (Wildman–Crippen LogP) is 18.6. The van der Waals surface area contributed by atoms with Crippen LogP contribution in [0.1, 0.15) is 272 Å². The molecule has 0 aliphatic rings. The van der Waals surface area contributed by atoms with Gasteiger partial charge in [-0.05, 0) is 124 Å². The maximum absolute atomic E-state index is 12.9. The quantitative estimate of drug-likeness (QED) is 0.0486. The first kappa shape index (κ1) is 68.2. The zero-order valence-corrected chi connectivity index (χ0v) is 47.3. The Morgan fingerprint density at radius 3 is 1.07 bits per heavy atom. The average Bonchev–Trinajstić information content (AvgIpc) is 3.33. The predicted molar refractivity (Wildman–Crippen MR) is 307 cm³/mol. The lowest BCUT2D eigenvalue weighted by Crippen LogP contribution is -2.36. The van der Waals surface area contributed by atoms with Crippen molar-refractivity contribution < 1.29 is 9.53 Å². The first-order chi connectivity index (χ1) is 33.4. The van der Waals surface area contributed by atoms with E-state index < -0.39 is 0 Å². The van der Waals surface area contributed by atoms with Gasteiger partial charge in [0.1, 0.15) is 6.61 Å². The maximum Gasteiger partial charge on any atom is 0.409 e. The van der Waals surface area contributed by atoms with Crippen molar-refractivity contribution in [2.45, 2.75) is 272 Å². The number of nitrogens with one attached hydrogen (secondary N) is 1. The zero-order chi connectivity index (χ0) is 49.9. The van der Waals surface area contributed by atoms with Crippen LogP contribution in [0, 0.1) is 0 Å². The molecule has 0 fully saturated rings. The second-order valence-corrected chi connectivity index (χ2v) is 20.4. The third kappa shape index (κ3) is 60.2. The van der Waals surface area contributed by atoms with E-state index in [1.165, 1.54) is 231 Å². The lowest BCUT2D eigenvalue weighted by atomic mass is 10.1. The van der Waals surface area contributed by atoms with Crippen LogP contribution in [-0.2, 0) is 4.74 Å². The van der Waals surface area contributed by atoms with E-state index in [0.29, 0.717) is 6.61 Å². The van der Waals surface area contributed by atoms with Gasteiger partial charge >= 0.3 is 6.09 Å². The van der Waals surface area contributed by atoms with Gasteiger partial charge in [0.2, 0.25) is 0 Å². The van der Waals surface area contributed by atoms with Gasteiger partial charge in [0.15, 0.2) is 0 Å². The minimum Gasteiger partial charge on any atom is -0.448 e. The summed E-state index contributed by atoms with van der Waals surface area (Å²) in [6.07, 6.45) is 68.4. The molecular weight excluding hydrogens is 833 g/mol. The number of ether oxygens (including phenoxy) is 1. The van der Waals surface area contributed by atoms with Gasteiger partial charge in [0.25, 0.3) is 0 Å². The van der Waals surface area contributed by atoms with Gasteiger partial charge in [-0.2, -0.15) is 0 Å². The fraction of sp³-hybridized carbons (Fsp3) is 0.855. The van der Waals surface area contributed by atoms with Crippen LogP contribution in [0.2, 0.25) is 0 Å². The summed E-state index contributed by atoms with van der Waals surface area (Å²) in [5.41, 5.74) is 0. The monoisotopic (exact) mass is 955 g/mol. The van der Waals surface area contributed by atoms with Crippen molar-refractivity contribution in [2.24, 2.45) is 0 Å². The number of amides is 1. The molecule has 0 heterocycles. The molecule has 0 aromatic heterocycles. The molecule has 0 aliphatic heterocycles. The van der Waals surface area contributed by atoms with Crippen LogP contribution in [0.15, 0.2) is 48.6 Å². The number of rotatable bonds is 52. The second-order valence-electron chi connectivity index (χ2n) is 20.4. The Morgan fingerprint density at radius 1 is 0.368 bits per heavy atom. The number of nitrogens with zero attached hydrogens (tertiary/aromatic N) is 3. The van der Waals surface area contributed by atoms with Crippen LogP contribution >= 0.6 is 0 Å². The summed E-state index contributed by atoms with van der Waals surface area (Å²) in [6, 6.07) is 0. The van der Waals surface area contributed by atoms with Gasteiger partial charge < -0.3 is 24.8 Å². The van der Waals surface area contributed by atoms with Crippen LogP contribution in [0.5, 0.6) is 0 Å². The van der Waals surface area contributed by atoms with Crippen LogP contribution < -0.4 is 5.32 Å². The summed E-state index contributed by atoms with van der Waals surface area (Å²) in [7, 11) is 6.27. The van der Waals surface area contributed by atoms with E-state index in [9.17, 15) is 4.79 Å². The molecule has 68 heavy (non-hydrogen) atoms. The molecule has 0 aromatic rings. The van der Waals surface area contributed by atoms with E-state index in [4.69, 9.17) is 4.74 Å². The van der Waals surface area contributed by atoms with Gasteiger partial charge in [0.05, 0.1) is 0 Å². The Kier molecular flexibility index (Phi) is 61.4. The van der Waals surface area contributed by atoms with Crippen LogP contribution in [0.4, 0.5) is 4.79 Å². The summed E-state index contributed by atoms with van der Waals surface area (Å²) in [5, 5.41) is 3.62. The molecular formula is C62H122N4O2. The maximum atomic E-state index is 12.9. The molecule has 0 saturated carbocycles. The standard InChI is InChI=1S/C35H69N3O2.C27H53N/c1-6-8-10-12-14-15-16-17-18-19-20-21-22-24-26-28-30-38(29-27-25-23-13-11-9-7-2)35(39)40-34-33-37(5)32-31-36(3)4;1-3-5-7-9-11-12-13-14-15-16-17-18-19-21-23-25-27-28-26-24-22-20-10-8-6-4-2/h14-15,17-18H,6-13,16,19-34H2,1-5H3;11-12,14-15,28H,3-10,13,16-27H2,1-2H3/b15-14-,18-17-;12-11-,15-14-. The average molecular weight is 956 g/mol.